The van der Waals surface area contributed by atoms with E-state index in [0.29, 0.717) is 0 Å². The fraction of sp³-hybridized carbons (Fsp3) is 0. The van der Waals surface area contributed by atoms with E-state index in [9.17, 15) is 0 Å². The van der Waals surface area contributed by atoms with Crippen molar-refractivity contribution in [2.45, 2.75) is 0 Å². The molecule has 0 spiro atoms. The number of hydrogen-bond acceptors (Lipinski definition) is 4. The van der Waals surface area contributed by atoms with Gasteiger partial charge in [0.1, 0.15) is 10.6 Å². The zero-order chi connectivity index (χ0) is 14.2. The first-order chi connectivity index (χ1) is 10.3. The van der Waals surface area contributed by atoms with E-state index in [1.807, 2.05) is 35.7 Å². The van der Waals surface area contributed by atoms with Gasteiger partial charge in [0.05, 0.1) is 5.39 Å². The van der Waals surface area contributed by atoms with E-state index in [0.717, 1.165) is 27.1 Å². The third-order valence-corrected chi connectivity index (χ3v) is 4.32. The minimum absolute atomic E-state index is 0.257. The number of nitrogens with zero attached hydrogens (tertiary/aromatic N) is 2. The standard InChI is InChI=1S/C16H10ClN3S/c17-16-19-14(12-8-9-21-15(12)20-16)18-13-7-3-5-10-4-1-2-6-11(10)13/h1-9H,(H,18,19,20). The summed E-state index contributed by atoms with van der Waals surface area (Å²) in [4.78, 5) is 9.45. The monoisotopic (exact) mass is 311 g/mol. The summed E-state index contributed by atoms with van der Waals surface area (Å²) in [7, 11) is 0. The predicted molar refractivity (Wildman–Crippen MR) is 89.7 cm³/mol. The molecule has 0 unspecified atom stereocenters. The average molecular weight is 312 g/mol. The molecule has 0 radical (unpaired) electrons. The quantitative estimate of drug-likeness (QED) is 0.514. The Balaban J connectivity index is 1.89. The van der Waals surface area contributed by atoms with Gasteiger partial charge in [0.25, 0.3) is 0 Å². The first-order valence-electron chi connectivity index (χ1n) is 6.47. The molecule has 102 valence electrons. The van der Waals surface area contributed by atoms with E-state index >= 15 is 0 Å². The lowest BCUT2D eigenvalue weighted by Gasteiger charge is -2.10. The van der Waals surface area contributed by atoms with E-state index in [2.05, 4.69) is 33.5 Å². The molecule has 0 aliphatic heterocycles. The van der Waals surface area contributed by atoms with E-state index in [4.69, 9.17) is 11.6 Å². The van der Waals surface area contributed by atoms with Crippen molar-refractivity contribution >= 4 is 55.4 Å². The molecule has 2 heterocycles. The maximum absolute atomic E-state index is 6.01. The Hall–Kier alpha value is -2.17. The number of benzene rings is 2. The molecule has 0 amide bonds. The minimum atomic E-state index is 0.257. The summed E-state index contributed by atoms with van der Waals surface area (Å²) in [5.41, 5.74) is 1.01. The molecule has 0 aliphatic carbocycles. The maximum atomic E-state index is 6.01. The molecule has 0 atom stereocenters. The van der Waals surface area contributed by atoms with Crippen LogP contribution in [0.25, 0.3) is 21.0 Å². The Morgan fingerprint density at radius 2 is 1.76 bits per heavy atom. The van der Waals surface area contributed by atoms with Gasteiger partial charge >= 0.3 is 0 Å². The molecule has 3 nitrogen and oxygen atoms in total. The number of halogens is 1. The molecule has 0 fully saturated rings. The molecule has 5 heteroatoms. The number of aromatic nitrogens is 2. The molecule has 4 aromatic rings. The van der Waals surface area contributed by atoms with Gasteiger partial charge in [0, 0.05) is 11.1 Å². The van der Waals surface area contributed by atoms with Crippen molar-refractivity contribution in [3.63, 3.8) is 0 Å². The molecule has 0 bridgehead atoms. The Morgan fingerprint density at radius 1 is 0.905 bits per heavy atom. The molecular formula is C16H10ClN3S. The first kappa shape index (κ1) is 12.6. The average Bonchev–Trinajstić information content (AvgIpc) is 2.96. The zero-order valence-corrected chi connectivity index (χ0v) is 12.4. The molecular weight excluding hydrogens is 302 g/mol. The van der Waals surface area contributed by atoms with Crippen LogP contribution in [-0.2, 0) is 0 Å². The SMILES string of the molecule is Clc1nc(Nc2cccc3ccccc23)c2ccsc2n1. The van der Waals surface area contributed by atoms with Crippen molar-refractivity contribution in [3.8, 4) is 0 Å². The fourth-order valence-electron chi connectivity index (χ4n) is 2.39. The lowest BCUT2D eigenvalue weighted by molar-refractivity contribution is 1.23. The van der Waals surface area contributed by atoms with E-state index < -0.39 is 0 Å². The van der Waals surface area contributed by atoms with Crippen molar-refractivity contribution in [3.05, 3.63) is 59.2 Å². The number of nitrogens with one attached hydrogen (secondary N) is 1. The van der Waals surface area contributed by atoms with Crippen LogP contribution in [0, 0.1) is 0 Å². The highest BCUT2D eigenvalue weighted by Crippen LogP contribution is 2.31. The van der Waals surface area contributed by atoms with Gasteiger partial charge in [-0.05, 0) is 34.5 Å². The molecule has 4 rings (SSSR count). The first-order valence-corrected chi connectivity index (χ1v) is 7.72. The topological polar surface area (TPSA) is 37.8 Å². The van der Waals surface area contributed by atoms with Crippen LogP contribution in [0.4, 0.5) is 11.5 Å². The molecule has 0 saturated heterocycles. The lowest BCUT2D eigenvalue weighted by Crippen LogP contribution is -1.96. The van der Waals surface area contributed by atoms with Gasteiger partial charge in [-0.3, -0.25) is 0 Å². The second-order valence-electron chi connectivity index (χ2n) is 4.63. The lowest BCUT2D eigenvalue weighted by atomic mass is 10.1. The molecule has 2 aromatic heterocycles. The van der Waals surface area contributed by atoms with Gasteiger partial charge < -0.3 is 5.32 Å². The summed E-state index contributed by atoms with van der Waals surface area (Å²) >= 11 is 7.56. The number of thiophene rings is 1. The van der Waals surface area contributed by atoms with Crippen LogP contribution in [0.2, 0.25) is 5.28 Å². The van der Waals surface area contributed by atoms with Crippen molar-refractivity contribution in [1.29, 1.82) is 0 Å². The highest BCUT2D eigenvalue weighted by Gasteiger charge is 2.09. The Bertz CT molecular complexity index is 943. The molecule has 21 heavy (non-hydrogen) atoms. The van der Waals surface area contributed by atoms with Crippen LogP contribution in [-0.4, -0.2) is 9.97 Å². The fourth-order valence-corrected chi connectivity index (χ4v) is 3.37. The van der Waals surface area contributed by atoms with Crippen LogP contribution < -0.4 is 5.32 Å². The Morgan fingerprint density at radius 3 is 2.71 bits per heavy atom. The molecule has 0 aliphatic rings. The summed E-state index contributed by atoms with van der Waals surface area (Å²) in [6.07, 6.45) is 0. The van der Waals surface area contributed by atoms with Gasteiger partial charge in [-0.15, -0.1) is 11.3 Å². The number of hydrogen-bond donors (Lipinski definition) is 1. The van der Waals surface area contributed by atoms with Crippen LogP contribution in [0.1, 0.15) is 0 Å². The van der Waals surface area contributed by atoms with Crippen LogP contribution in [0.15, 0.2) is 53.9 Å². The summed E-state index contributed by atoms with van der Waals surface area (Å²) in [5, 5.41) is 8.95. The molecule has 2 aromatic carbocycles. The van der Waals surface area contributed by atoms with Crippen molar-refractivity contribution in [2.75, 3.05) is 5.32 Å². The van der Waals surface area contributed by atoms with Gasteiger partial charge in [0.2, 0.25) is 5.28 Å². The van der Waals surface area contributed by atoms with E-state index in [1.54, 1.807) is 11.3 Å². The van der Waals surface area contributed by atoms with E-state index in [1.165, 1.54) is 5.39 Å². The summed E-state index contributed by atoms with van der Waals surface area (Å²) in [5.74, 6) is 0.739. The van der Waals surface area contributed by atoms with Crippen molar-refractivity contribution in [2.24, 2.45) is 0 Å². The molecule has 1 N–H and O–H groups in total. The largest absolute Gasteiger partial charge is 0.339 e. The van der Waals surface area contributed by atoms with E-state index in [-0.39, 0.29) is 5.28 Å². The summed E-state index contributed by atoms with van der Waals surface area (Å²) in [6.45, 7) is 0. The number of anilines is 2. The highest BCUT2D eigenvalue weighted by atomic mass is 35.5. The Labute approximate surface area is 130 Å². The van der Waals surface area contributed by atoms with Gasteiger partial charge in [-0.2, -0.15) is 4.98 Å². The van der Waals surface area contributed by atoms with Gasteiger partial charge in [0.15, 0.2) is 0 Å². The summed E-state index contributed by atoms with van der Waals surface area (Å²) < 4.78 is 0. The van der Waals surface area contributed by atoms with Crippen LogP contribution in [0.5, 0.6) is 0 Å². The third kappa shape index (κ3) is 2.22. The predicted octanol–water partition coefficient (Wildman–Crippen LogP) is 5.24. The second kappa shape index (κ2) is 4.98. The normalized spacial score (nSPS) is 11.1. The van der Waals surface area contributed by atoms with Crippen LogP contribution in [0.3, 0.4) is 0 Å². The van der Waals surface area contributed by atoms with Crippen molar-refractivity contribution < 1.29 is 0 Å². The highest BCUT2D eigenvalue weighted by molar-refractivity contribution is 7.16. The zero-order valence-electron chi connectivity index (χ0n) is 10.9. The maximum Gasteiger partial charge on any atom is 0.225 e. The minimum Gasteiger partial charge on any atom is -0.339 e. The second-order valence-corrected chi connectivity index (χ2v) is 5.87. The van der Waals surface area contributed by atoms with Crippen molar-refractivity contribution in [1.82, 2.24) is 9.97 Å². The number of rotatable bonds is 2. The van der Waals surface area contributed by atoms with Crippen LogP contribution >= 0.6 is 22.9 Å². The smallest absolute Gasteiger partial charge is 0.225 e. The Kier molecular flexibility index (Phi) is 2.98. The van der Waals surface area contributed by atoms with Gasteiger partial charge in [-0.25, -0.2) is 4.98 Å². The number of fused-ring (bicyclic) bond motifs is 2. The van der Waals surface area contributed by atoms with Gasteiger partial charge in [-0.1, -0.05) is 36.4 Å². The third-order valence-electron chi connectivity index (χ3n) is 3.34. The summed E-state index contributed by atoms with van der Waals surface area (Å²) in [6, 6.07) is 16.4. The molecule has 0 saturated carbocycles.